The molecule has 0 spiro atoms. The maximum Gasteiger partial charge on any atom is 4.00 e. The molecule has 0 atom stereocenters. The first-order chi connectivity index (χ1) is 17.1. The van der Waals surface area contributed by atoms with Crippen molar-refractivity contribution in [3.63, 3.8) is 0 Å². The van der Waals surface area contributed by atoms with Gasteiger partial charge in [-0.15, -0.1) is 69.1 Å². The number of fused-ring (bicyclic) bond motifs is 2. The van der Waals surface area contributed by atoms with E-state index in [4.69, 9.17) is 0 Å². The van der Waals surface area contributed by atoms with Crippen molar-refractivity contribution in [3.05, 3.63) is 132 Å². The second-order valence-corrected chi connectivity index (χ2v) is 10.1. The average molecular weight is 632 g/mol. The Morgan fingerprint density at radius 2 is 0.816 bits per heavy atom. The van der Waals surface area contributed by atoms with E-state index in [0.29, 0.717) is 0 Å². The van der Waals surface area contributed by atoms with E-state index in [-0.39, 0.29) is 51.0 Å². The summed E-state index contributed by atoms with van der Waals surface area (Å²) in [5.41, 5.74) is 7.96. The van der Waals surface area contributed by atoms with E-state index in [9.17, 15) is 0 Å². The molecule has 1 radical (unpaired) electrons. The van der Waals surface area contributed by atoms with Gasteiger partial charge in [-0.2, -0.15) is 0 Å². The number of rotatable bonds is 2. The normalized spacial score (nSPS) is 9.58. The Kier molecular flexibility index (Phi) is 14.8. The fourth-order valence-corrected chi connectivity index (χ4v) is 4.41. The van der Waals surface area contributed by atoms with Crippen LogP contribution in [0.25, 0.3) is 43.8 Å². The van der Waals surface area contributed by atoms with E-state index in [0.717, 1.165) is 9.52 Å². The summed E-state index contributed by atoms with van der Waals surface area (Å²) in [6.07, 6.45) is 0. The molecular formula is C34H33Cl2SiZr. The van der Waals surface area contributed by atoms with Gasteiger partial charge in [0.25, 0.3) is 0 Å². The van der Waals surface area contributed by atoms with Crippen molar-refractivity contribution in [2.45, 2.75) is 26.9 Å². The molecule has 0 aromatic heterocycles. The van der Waals surface area contributed by atoms with Gasteiger partial charge in [-0.1, -0.05) is 120 Å². The summed E-state index contributed by atoms with van der Waals surface area (Å²) in [6, 6.07) is 43.1. The Balaban J connectivity index is 0.000000322. The maximum absolute atomic E-state index is 2.26. The van der Waals surface area contributed by atoms with Gasteiger partial charge < -0.3 is 24.8 Å². The quantitative estimate of drug-likeness (QED) is 0.203. The molecule has 0 saturated heterocycles. The molecule has 38 heavy (non-hydrogen) atoms. The molecule has 191 valence electrons. The second-order valence-electron chi connectivity index (χ2n) is 8.95. The van der Waals surface area contributed by atoms with Gasteiger partial charge in [-0.3, -0.25) is 0 Å². The number of hydrogen-bond acceptors (Lipinski definition) is 0. The van der Waals surface area contributed by atoms with E-state index >= 15 is 0 Å². The predicted octanol–water partition coefficient (Wildman–Crippen LogP) is 3.59. The first kappa shape index (κ1) is 33.8. The first-order valence-corrected chi connectivity index (χ1v) is 14.6. The Hall–Kier alpha value is -2.22. The molecule has 0 saturated carbocycles. The summed E-state index contributed by atoms with van der Waals surface area (Å²) >= 11 is 0. The van der Waals surface area contributed by atoms with E-state index < -0.39 is 0 Å². The van der Waals surface area contributed by atoms with Crippen molar-refractivity contribution >= 4 is 31.1 Å². The van der Waals surface area contributed by atoms with Crippen LogP contribution in [-0.4, -0.2) is 9.52 Å². The predicted molar refractivity (Wildman–Crippen MR) is 158 cm³/mol. The van der Waals surface area contributed by atoms with Gasteiger partial charge in [0.05, 0.1) is 0 Å². The fourth-order valence-electron chi connectivity index (χ4n) is 4.41. The second kappa shape index (κ2) is 16.7. The molecule has 6 aromatic rings. The van der Waals surface area contributed by atoms with Crippen LogP contribution in [0.1, 0.15) is 11.1 Å². The van der Waals surface area contributed by atoms with Crippen LogP contribution in [0.2, 0.25) is 13.1 Å². The van der Waals surface area contributed by atoms with Gasteiger partial charge in [0, 0.05) is 9.52 Å². The Labute approximate surface area is 262 Å². The molecule has 0 heterocycles. The van der Waals surface area contributed by atoms with Gasteiger partial charge in [0.15, 0.2) is 0 Å². The molecule has 0 bridgehead atoms. The summed E-state index contributed by atoms with van der Waals surface area (Å²) < 4.78 is 0. The monoisotopic (exact) mass is 629 g/mol. The summed E-state index contributed by atoms with van der Waals surface area (Å²) in [7, 11) is 0.750. The zero-order valence-corrected chi connectivity index (χ0v) is 27.5. The molecule has 0 aliphatic carbocycles. The van der Waals surface area contributed by atoms with Crippen LogP contribution < -0.4 is 24.8 Å². The standard InChI is InChI=1S/2C16H13.C2H7Si.2ClH.Zr/c2*1-12-6-2-5-9-16(12)15-10-13-7-3-4-8-14(13)11-15;1-3-2;;;/h2*2-11H,1H3;3H,1-2H3;2*1H;/q2*-1;;;;+4/p-2. The zero-order chi connectivity index (χ0) is 24.6. The van der Waals surface area contributed by atoms with Crippen LogP contribution >= 0.6 is 0 Å². The van der Waals surface area contributed by atoms with Gasteiger partial charge >= 0.3 is 26.2 Å². The molecule has 4 heteroatoms. The van der Waals surface area contributed by atoms with Crippen molar-refractivity contribution in [3.8, 4) is 22.3 Å². The van der Waals surface area contributed by atoms with E-state index in [1.54, 1.807) is 0 Å². The van der Waals surface area contributed by atoms with Crippen molar-refractivity contribution in [1.29, 1.82) is 0 Å². The minimum atomic E-state index is 0. The number of hydrogen-bond donors (Lipinski definition) is 0. The zero-order valence-electron chi connectivity index (χ0n) is 22.4. The molecule has 0 amide bonds. The molecule has 0 aliphatic rings. The number of benzene rings is 4. The summed E-state index contributed by atoms with van der Waals surface area (Å²) in [6.45, 7) is 8.74. The Morgan fingerprint density at radius 3 is 1.16 bits per heavy atom. The van der Waals surface area contributed by atoms with Crippen LogP contribution in [0.4, 0.5) is 0 Å². The molecular weight excluding hydrogens is 599 g/mol. The third-order valence-corrected chi connectivity index (χ3v) is 6.15. The van der Waals surface area contributed by atoms with Crippen molar-refractivity contribution in [2.75, 3.05) is 0 Å². The Bertz CT molecular complexity index is 1350. The molecule has 0 fully saturated rings. The Morgan fingerprint density at radius 1 is 0.500 bits per heavy atom. The van der Waals surface area contributed by atoms with Crippen LogP contribution in [-0.2, 0) is 26.2 Å². The van der Waals surface area contributed by atoms with Gasteiger partial charge in [-0.05, 0) is 13.8 Å². The molecule has 0 nitrogen and oxygen atoms in total. The summed E-state index contributed by atoms with van der Waals surface area (Å²) in [5, 5.41) is 5.28. The topological polar surface area (TPSA) is 0 Å². The smallest absolute Gasteiger partial charge is 1.00 e. The van der Waals surface area contributed by atoms with E-state index in [2.05, 4.69) is 148 Å². The molecule has 0 unspecified atom stereocenters. The van der Waals surface area contributed by atoms with Gasteiger partial charge in [0.2, 0.25) is 0 Å². The van der Waals surface area contributed by atoms with Gasteiger partial charge in [-0.25, -0.2) is 0 Å². The molecule has 0 N–H and O–H groups in total. The third kappa shape index (κ3) is 8.39. The molecule has 0 aliphatic heterocycles. The number of halogens is 2. The van der Waals surface area contributed by atoms with Crippen LogP contribution in [0.3, 0.4) is 0 Å². The molecule has 6 aromatic carbocycles. The fraction of sp³-hybridized carbons (Fsp3) is 0.118. The number of aryl methyl sites for hydroxylation is 2. The minimum Gasteiger partial charge on any atom is -1.00 e. The maximum atomic E-state index is 2.26. The van der Waals surface area contributed by atoms with Gasteiger partial charge in [0.1, 0.15) is 0 Å². The SMILES string of the molecule is C[SiH]C.Cc1ccccc1-c1cc2ccccc2[cH-]1.Cc1ccccc1-c1cc2ccccc2[cH-]1.[Cl-].[Cl-].[Zr+4]. The van der Waals surface area contributed by atoms with E-state index in [1.807, 2.05) is 0 Å². The van der Waals surface area contributed by atoms with Crippen LogP contribution in [0, 0.1) is 13.8 Å². The van der Waals surface area contributed by atoms with E-state index in [1.165, 1.54) is 54.9 Å². The first-order valence-electron chi connectivity index (χ1n) is 12.3. The summed E-state index contributed by atoms with van der Waals surface area (Å²) in [4.78, 5) is 0. The van der Waals surface area contributed by atoms with Crippen LogP contribution in [0.5, 0.6) is 0 Å². The van der Waals surface area contributed by atoms with Crippen molar-refractivity contribution in [2.24, 2.45) is 0 Å². The average Bonchev–Trinajstić information content (AvgIpc) is 3.50. The van der Waals surface area contributed by atoms with Crippen LogP contribution in [0.15, 0.2) is 121 Å². The summed E-state index contributed by atoms with van der Waals surface area (Å²) in [5.74, 6) is 0. The minimum absolute atomic E-state index is 0. The third-order valence-electron chi connectivity index (χ3n) is 6.15. The van der Waals surface area contributed by atoms with Crippen molar-refractivity contribution in [1.82, 2.24) is 0 Å². The van der Waals surface area contributed by atoms with Crippen molar-refractivity contribution < 1.29 is 51.0 Å². The largest absolute Gasteiger partial charge is 4.00 e. The molecule has 6 rings (SSSR count).